The van der Waals surface area contributed by atoms with Crippen LogP contribution in [0, 0.1) is 29.1 Å². The number of hydrogen-bond donors (Lipinski definition) is 3. The summed E-state index contributed by atoms with van der Waals surface area (Å²) in [5.41, 5.74) is -0.758. The molecule has 1 aromatic carbocycles. The number of nitrogens with one attached hydrogen (secondary N) is 1. The van der Waals surface area contributed by atoms with E-state index in [1.807, 2.05) is 43.3 Å². The van der Waals surface area contributed by atoms with Crippen molar-refractivity contribution >= 4 is 11.9 Å². The van der Waals surface area contributed by atoms with E-state index in [2.05, 4.69) is 18.8 Å². The van der Waals surface area contributed by atoms with E-state index in [1.165, 1.54) is 6.92 Å². The summed E-state index contributed by atoms with van der Waals surface area (Å²) in [4.78, 5) is 26.6. The Hall–Kier alpha value is -2.90. The molecule has 4 rings (SSSR count). The van der Waals surface area contributed by atoms with E-state index in [1.54, 1.807) is 26.2 Å². The van der Waals surface area contributed by atoms with Crippen LogP contribution in [0.1, 0.15) is 46.1 Å². The highest BCUT2D eigenvalue weighted by atomic mass is 16.5. The van der Waals surface area contributed by atoms with Crippen LogP contribution in [0.4, 0.5) is 0 Å². The summed E-state index contributed by atoms with van der Waals surface area (Å²) < 4.78 is 11.2. The van der Waals surface area contributed by atoms with Crippen molar-refractivity contribution in [3.8, 4) is 5.75 Å². The second-order valence-corrected chi connectivity index (χ2v) is 11.6. The monoisotopic (exact) mass is 523 g/mol. The predicted molar refractivity (Wildman–Crippen MR) is 145 cm³/mol. The van der Waals surface area contributed by atoms with Gasteiger partial charge in [-0.2, -0.15) is 0 Å². The lowest BCUT2D eigenvalue weighted by molar-refractivity contribution is -0.166. The molecule has 0 radical (unpaired) electrons. The van der Waals surface area contributed by atoms with Crippen molar-refractivity contribution in [2.24, 2.45) is 29.1 Å². The Bertz CT molecular complexity index is 1120. The Balaban J connectivity index is 1.89. The van der Waals surface area contributed by atoms with Gasteiger partial charge in [0.25, 0.3) is 0 Å². The molecule has 7 heteroatoms. The molecular formula is C31H41NO6. The number of ether oxygens (including phenoxy) is 2. The Morgan fingerprint density at radius 2 is 1.89 bits per heavy atom. The van der Waals surface area contributed by atoms with Gasteiger partial charge in [-0.1, -0.05) is 50.8 Å². The molecule has 0 unspecified atom stereocenters. The Labute approximate surface area is 225 Å². The third-order valence-electron chi connectivity index (χ3n) is 8.74. The number of amides is 1. The van der Waals surface area contributed by atoms with Gasteiger partial charge in [0.1, 0.15) is 17.3 Å². The third kappa shape index (κ3) is 5.06. The van der Waals surface area contributed by atoms with Crippen LogP contribution in [0.15, 0.2) is 60.7 Å². The maximum Gasteiger partial charge on any atom is 0.303 e. The van der Waals surface area contributed by atoms with Gasteiger partial charge in [-0.3, -0.25) is 9.59 Å². The maximum absolute atomic E-state index is 14.2. The molecule has 1 aromatic rings. The van der Waals surface area contributed by atoms with E-state index in [0.717, 1.165) is 11.3 Å². The molecule has 206 valence electrons. The second-order valence-electron chi connectivity index (χ2n) is 11.6. The molecule has 7 nitrogen and oxygen atoms in total. The van der Waals surface area contributed by atoms with Crippen LogP contribution in [-0.2, 0) is 20.7 Å². The Morgan fingerprint density at radius 1 is 1.21 bits per heavy atom. The number of benzene rings is 1. The number of rotatable bonds is 4. The smallest absolute Gasteiger partial charge is 0.303 e. The summed E-state index contributed by atoms with van der Waals surface area (Å²) in [5, 5.41) is 25.9. The number of esters is 1. The fourth-order valence-electron chi connectivity index (χ4n) is 7.05. The van der Waals surface area contributed by atoms with Gasteiger partial charge in [0.05, 0.1) is 18.8 Å². The summed E-state index contributed by atoms with van der Waals surface area (Å²) in [6, 6.07) is 7.44. The van der Waals surface area contributed by atoms with E-state index in [9.17, 15) is 19.8 Å². The van der Waals surface area contributed by atoms with Crippen molar-refractivity contribution in [1.82, 2.24) is 5.32 Å². The normalized spacial score (nSPS) is 40.7. The summed E-state index contributed by atoms with van der Waals surface area (Å²) in [7, 11) is 1.62. The van der Waals surface area contributed by atoms with E-state index in [-0.39, 0.29) is 29.7 Å². The molecule has 1 aliphatic heterocycles. The number of carbonyl (C=O) groups excluding carboxylic acids is 2. The first-order valence-corrected chi connectivity index (χ1v) is 13.5. The molecule has 0 bridgehead atoms. The van der Waals surface area contributed by atoms with Crippen LogP contribution in [0.3, 0.4) is 0 Å². The standard InChI is InChI=1S/C31H41NO6/c1-18-8-7-9-24-28(34)20(3)19(2)27-25(16-22-10-12-23(37-6)13-11-22)32-29(35)31(24,27)26(38-21(4)33)14-15-30(5,36)17-18/h7,9-15,18-19,24-28,34,36H,3,8,16-17H2,1-2,4-6H3,(H,32,35)/b9-7+,15-14+/t18-,19+,24-,25-,26+,27-,28+,30-,31+/m0/s1. The van der Waals surface area contributed by atoms with Crippen LogP contribution in [-0.4, -0.2) is 53.1 Å². The van der Waals surface area contributed by atoms with Crippen molar-refractivity contribution < 1.29 is 29.3 Å². The average molecular weight is 524 g/mol. The Morgan fingerprint density at radius 3 is 2.53 bits per heavy atom. The number of aliphatic hydroxyl groups excluding tert-OH is 1. The minimum Gasteiger partial charge on any atom is -0.497 e. The van der Waals surface area contributed by atoms with E-state index >= 15 is 0 Å². The van der Waals surface area contributed by atoms with Crippen molar-refractivity contribution in [2.45, 2.75) is 70.8 Å². The minimum atomic E-state index is -1.29. The zero-order chi connectivity index (χ0) is 27.8. The molecule has 1 heterocycles. The number of carbonyl (C=O) groups is 2. The SMILES string of the molecule is C=C1[C@@H](C)[C@H]2[C@H](Cc3ccc(OC)cc3)NC(=O)[C@]23[C@H](OC(C)=O)/C=C/[C@](C)(O)C[C@@H](C)C/C=C/[C@H]3[C@@H]1O. The van der Waals surface area contributed by atoms with Crippen LogP contribution in [0.2, 0.25) is 0 Å². The predicted octanol–water partition coefficient (Wildman–Crippen LogP) is 3.75. The largest absolute Gasteiger partial charge is 0.497 e. The van der Waals surface area contributed by atoms with Gasteiger partial charge in [0, 0.05) is 24.8 Å². The first-order chi connectivity index (χ1) is 17.9. The summed E-state index contributed by atoms with van der Waals surface area (Å²) in [6.07, 6.45) is 6.94. The van der Waals surface area contributed by atoms with Gasteiger partial charge in [0.15, 0.2) is 0 Å². The van der Waals surface area contributed by atoms with Gasteiger partial charge >= 0.3 is 5.97 Å². The molecular weight excluding hydrogens is 482 g/mol. The quantitative estimate of drug-likeness (QED) is 0.410. The van der Waals surface area contributed by atoms with Gasteiger partial charge in [-0.15, -0.1) is 0 Å². The molecule has 0 aromatic heterocycles. The van der Waals surface area contributed by atoms with Crippen molar-refractivity contribution in [3.05, 3.63) is 66.3 Å². The van der Waals surface area contributed by atoms with Gasteiger partial charge in [-0.25, -0.2) is 0 Å². The summed E-state index contributed by atoms with van der Waals surface area (Å²) in [6.45, 7) is 11.3. The minimum absolute atomic E-state index is 0.158. The molecule has 2 fully saturated rings. The van der Waals surface area contributed by atoms with E-state index in [4.69, 9.17) is 9.47 Å². The Kier molecular flexibility index (Phi) is 7.91. The molecule has 3 N–H and O–H groups in total. The van der Waals surface area contributed by atoms with Crippen LogP contribution < -0.4 is 10.1 Å². The molecule has 9 atom stereocenters. The van der Waals surface area contributed by atoms with Gasteiger partial charge < -0.3 is 25.0 Å². The molecule has 1 saturated carbocycles. The molecule has 2 aliphatic carbocycles. The fraction of sp³-hybridized carbons (Fsp3) is 0.548. The molecule has 1 amide bonds. The maximum atomic E-state index is 14.2. The zero-order valence-electron chi connectivity index (χ0n) is 23.0. The first kappa shape index (κ1) is 28.1. The van der Waals surface area contributed by atoms with E-state index < -0.39 is 35.1 Å². The highest BCUT2D eigenvalue weighted by molar-refractivity contribution is 5.89. The topological polar surface area (TPSA) is 105 Å². The number of aliphatic hydroxyl groups is 2. The lowest BCUT2D eigenvalue weighted by atomic mass is 9.51. The second kappa shape index (κ2) is 10.7. The third-order valence-corrected chi connectivity index (χ3v) is 8.74. The van der Waals surface area contributed by atoms with Crippen molar-refractivity contribution in [3.63, 3.8) is 0 Å². The molecule has 1 spiro atoms. The van der Waals surface area contributed by atoms with Crippen molar-refractivity contribution in [2.75, 3.05) is 7.11 Å². The fourth-order valence-corrected chi connectivity index (χ4v) is 7.05. The highest BCUT2D eigenvalue weighted by Crippen LogP contribution is 2.58. The highest BCUT2D eigenvalue weighted by Gasteiger charge is 2.68. The lowest BCUT2D eigenvalue weighted by Gasteiger charge is -2.52. The molecule has 3 aliphatic rings. The van der Waals surface area contributed by atoms with Crippen LogP contribution in [0.25, 0.3) is 0 Å². The van der Waals surface area contributed by atoms with Gasteiger partial charge in [-0.05, 0) is 67.4 Å². The van der Waals surface area contributed by atoms with Crippen LogP contribution >= 0.6 is 0 Å². The first-order valence-electron chi connectivity index (χ1n) is 13.5. The number of methoxy groups -OCH3 is 1. The average Bonchev–Trinajstić information content (AvgIpc) is 3.13. The number of hydrogen-bond acceptors (Lipinski definition) is 6. The van der Waals surface area contributed by atoms with E-state index in [0.29, 0.717) is 24.8 Å². The molecule has 38 heavy (non-hydrogen) atoms. The van der Waals surface area contributed by atoms with Crippen molar-refractivity contribution in [1.29, 1.82) is 0 Å². The lowest BCUT2D eigenvalue weighted by Crippen LogP contribution is -2.60. The summed E-state index contributed by atoms with van der Waals surface area (Å²) in [5.74, 6) is -1.13. The summed E-state index contributed by atoms with van der Waals surface area (Å²) >= 11 is 0. The zero-order valence-corrected chi connectivity index (χ0v) is 23.0. The van der Waals surface area contributed by atoms with Crippen LogP contribution in [0.5, 0.6) is 5.75 Å². The number of allylic oxidation sites excluding steroid dienone is 1. The molecule has 1 saturated heterocycles. The van der Waals surface area contributed by atoms with Gasteiger partial charge in [0.2, 0.25) is 5.91 Å².